The Bertz CT molecular complexity index is 1220. The molecule has 148 valence electrons. The van der Waals surface area contributed by atoms with Crippen LogP contribution in [0.5, 0.6) is 11.5 Å². The molecule has 0 saturated heterocycles. The monoisotopic (exact) mass is 407 g/mol. The van der Waals surface area contributed by atoms with E-state index in [0.717, 1.165) is 26.5 Å². The third-order valence-corrected chi connectivity index (χ3v) is 5.70. The summed E-state index contributed by atoms with van der Waals surface area (Å²) >= 11 is 1.48. The van der Waals surface area contributed by atoms with Gasteiger partial charge in [0.1, 0.15) is 5.69 Å². The molecule has 7 heteroatoms. The summed E-state index contributed by atoms with van der Waals surface area (Å²) in [5, 5.41) is 5.54. The van der Waals surface area contributed by atoms with Crippen LogP contribution in [-0.4, -0.2) is 29.0 Å². The van der Waals surface area contributed by atoms with Crippen LogP contribution in [0.1, 0.15) is 10.6 Å². The van der Waals surface area contributed by atoms with Crippen molar-refractivity contribution in [3.63, 3.8) is 0 Å². The third-order valence-electron chi connectivity index (χ3n) is 4.72. The highest BCUT2D eigenvalue weighted by Crippen LogP contribution is 2.35. The maximum atomic E-state index is 13.0. The molecule has 0 N–H and O–H groups in total. The molecule has 0 fully saturated rings. The Morgan fingerprint density at radius 1 is 1.03 bits per heavy atom. The van der Waals surface area contributed by atoms with E-state index in [1.807, 2.05) is 55.5 Å². The zero-order valence-corrected chi connectivity index (χ0v) is 17.3. The Labute approximate surface area is 172 Å². The van der Waals surface area contributed by atoms with E-state index in [1.165, 1.54) is 16.0 Å². The van der Waals surface area contributed by atoms with Crippen LogP contribution < -0.4 is 15.0 Å². The van der Waals surface area contributed by atoms with Crippen LogP contribution in [0.4, 0.5) is 0 Å². The van der Waals surface area contributed by atoms with Gasteiger partial charge in [0.05, 0.1) is 23.9 Å². The van der Waals surface area contributed by atoms with E-state index >= 15 is 0 Å². The summed E-state index contributed by atoms with van der Waals surface area (Å²) in [6.07, 6.45) is 0.716. The summed E-state index contributed by atoms with van der Waals surface area (Å²) in [4.78, 5) is 17.5. The van der Waals surface area contributed by atoms with Crippen LogP contribution in [0.25, 0.3) is 21.5 Å². The Kier molecular flexibility index (Phi) is 5.31. The summed E-state index contributed by atoms with van der Waals surface area (Å²) < 4.78 is 13.1. The highest BCUT2D eigenvalue weighted by molar-refractivity contribution is 7.19. The number of aromatic nitrogens is 3. The largest absolute Gasteiger partial charge is 0.493 e. The summed E-state index contributed by atoms with van der Waals surface area (Å²) in [6, 6.07) is 15.7. The molecule has 2 aromatic carbocycles. The summed E-state index contributed by atoms with van der Waals surface area (Å²) in [5.74, 6) is 1.26. The molecular weight excluding hydrogens is 386 g/mol. The van der Waals surface area contributed by atoms with E-state index in [9.17, 15) is 4.79 Å². The molecule has 0 bridgehead atoms. The number of hydrogen-bond acceptors (Lipinski definition) is 6. The SMILES string of the molecule is COc1ccc(-c2nn(CCc3ccccc3)c(=O)c3nc(C)sc23)cc1OC. The van der Waals surface area contributed by atoms with Gasteiger partial charge >= 0.3 is 0 Å². The number of fused-ring (bicyclic) bond motifs is 1. The molecule has 0 saturated carbocycles. The van der Waals surface area contributed by atoms with Crippen molar-refractivity contribution in [3.8, 4) is 22.8 Å². The second-order valence-corrected chi connectivity index (χ2v) is 7.80. The number of aryl methyl sites for hydroxylation is 3. The molecule has 0 aliphatic rings. The van der Waals surface area contributed by atoms with Gasteiger partial charge in [-0.2, -0.15) is 5.10 Å². The fourth-order valence-electron chi connectivity index (χ4n) is 3.27. The lowest BCUT2D eigenvalue weighted by molar-refractivity contribution is 0.355. The predicted octanol–water partition coefficient (Wildman–Crippen LogP) is 4.09. The van der Waals surface area contributed by atoms with Gasteiger partial charge < -0.3 is 9.47 Å². The van der Waals surface area contributed by atoms with Gasteiger partial charge in [-0.25, -0.2) is 9.67 Å². The molecule has 4 aromatic rings. The lowest BCUT2D eigenvalue weighted by atomic mass is 10.1. The van der Waals surface area contributed by atoms with Crippen molar-refractivity contribution >= 4 is 21.6 Å². The van der Waals surface area contributed by atoms with E-state index in [1.54, 1.807) is 14.2 Å². The number of thiazole rings is 1. The van der Waals surface area contributed by atoms with Crippen LogP contribution in [0.2, 0.25) is 0 Å². The molecule has 2 aromatic heterocycles. The molecule has 0 unspecified atom stereocenters. The zero-order valence-electron chi connectivity index (χ0n) is 16.5. The van der Waals surface area contributed by atoms with Crippen LogP contribution in [0.3, 0.4) is 0 Å². The van der Waals surface area contributed by atoms with Crippen molar-refractivity contribution in [2.24, 2.45) is 0 Å². The fraction of sp³-hybridized carbons (Fsp3) is 0.227. The van der Waals surface area contributed by atoms with E-state index in [4.69, 9.17) is 14.6 Å². The first-order valence-electron chi connectivity index (χ1n) is 9.25. The van der Waals surface area contributed by atoms with Crippen molar-refractivity contribution in [2.75, 3.05) is 14.2 Å². The molecule has 4 rings (SSSR count). The molecular formula is C22H21N3O3S. The molecule has 29 heavy (non-hydrogen) atoms. The van der Waals surface area contributed by atoms with Gasteiger partial charge in [0.25, 0.3) is 5.56 Å². The van der Waals surface area contributed by atoms with Crippen molar-refractivity contribution in [1.29, 1.82) is 0 Å². The van der Waals surface area contributed by atoms with Gasteiger partial charge in [-0.3, -0.25) is 4.79 Å². The van der Waals surface area contributed by atoms with Crippen LogP contribution in [0.15, 0.2) is 53.3 Å². The smallest absolute Gasteiger partial charge is 0.294 e. The van der Waals surface area contributed by atoms with E-state index < -0.39 is 0 Å². The van der Waals surface area contributed by atoms with Gasteiger partial charge in [0.15, 0.2) is 17.0 Å². The highest BCUT2D eigenvalue weighted by atomic mass is 32.1. The van der Waals surface area contributed by atoms with Crippen molar-refractivity contribution < 1.29 is 9.47 Å². The van der Waals surface area contributed by atoms with Crippen molar-refractivity contribution in [1.82, 2.24) is 14.8 Å². The molecule has 0 radical (unpaired) electrons. The lowest BCUT2D eigenvalue weighted by Crippen LogP contribution is -2.24. The van der Waals surface area contributed by atoms with E-state index in [-0.39, 0.29) is 5.56 Å². The quantitative estimate of drug-likeness (QED) is 0.482. The zero-order chi connectivity index (χ0) is 20.4. The van der Waals surface area contributed by atoms with Crippen LogP contribution in [-0.2, 0) is 13.0 Å². The third kappa shape index (κ3) is 3.73. The molecule has 0 aliphatic carbocycles. The Hall–Kier alpha value is -3.19. The molecule has 0 aliphatic heterocycles. The Morgan fingerprint density at radius 3 is 2.52 bits per heavy atom. The first-order chi connectivity index (χ1) is 14.1. The number of benzene rings is 2. The maximum absolute atomic E-state index is 13.0. The van der Waals surface area contributed by atoms with Gasteiger partial charge in [0, 0.05) is 12.1 Å². The Balaban J connectivity index is 1.83. The topological polar surface area (TPSA) is 66.2 Å². The van der Waals surface area contributed by atoms with Crippen LogP contribution in [0, 0.1) is 6.92 Å². The number of hydrogen-bond donors (Lipinski definition) is 0. The van der Waals surface area contributed by atoms with Crippen molar-refractivity contribution in [2.45, 2.75) is 19.9 Å². The van der Waals surface area contributed by atoms with Gasteiger partial charge in [0.2, 0.25) is 0 Å². The number of ether oxygens (including phenoxy) is 2. The number of methoxy groups -OCH3 is 2. The van der Waals surface area contributed by atoms with Gasteiger partial charge in [-0.1, -0.05) is 30.3 Å². The minimum absolute atomic E-state index is 0.162. The standard InChI is InChI=1S/C22H21N3O3S/c1-14-23-20-21(29-14)19(16-9-10-17(27-2)18(13-16)28-3)24-25(22(20)26)12-11-15-7-5-4-6-8-15/h4-10,13H,11-12H2,1-3H3. The summed E-state index contributed by atoms with van der Waals surface area (Å²) in [7, 11) is 3.20. The van der Waals surface area contributed by atoms with E-state index in [2.05, 4.69) is 4.98 Å². The second-order valence-electron chi connectivity index (χ2n) is 6.59. The minimum Gasteiger partial charge on any atom is -0.493 e. The number of nitrogens with zero attached hydrogens (tertiary/aromatic N) is 3. The van der Waals surface area contributed by atoms with E-state index in [0.29, 0.717) is 30.0 Å². The van der Waals surface area contributed by atoms with Crippen molar-refractivity contribution in [3.05, 3.63) is 69.5 Å². The van der Waals surface area contributed by atoms with Gasteiger partial charge in [-0.15, -0.1) is 11.3 Å². The highest BCUT2D eigenvalue weighted by Gasteiger charge is 2.18. The lowest BCUT2D eigenvalue weighted by Gasteiger charge is -2.11. The summed E-state index contributed by atoms with van der Waals surface area (Å²) in [5.41, 5.74) is 3.03. The van der Waals surface area contributed by atoms with Crippen LogP contribution >= 0.6 is 11.3 Å². The normalized spacial score (nSPS) is 11.0. The Morgan fingerprint density at radius 2 is 1.79 bits per heavy atom. The minimum atomic E-state index is -0.162. The average Bonchev–Trinajstić information content (AvgIpc) is 3.15. The molecule has 0 atom stereocenters. The first kappa shape index (κ1) is 19.1. The predicted molar refractivity (Wildman–Crippen MR) is 115 cm³/mol. The molecule has 0 amide bonds. The fourth-order valence-corrected chi connectivity index (χ4v) is 4.19. The second kappa shape index (κ2) is 8.05. The molecule has 6 nitrogen and oxygen atoms in total. The molecule has 0 spiro atoms. The maximum Gasteiger partial charge on any atom is 0.294 e. The first-order valence-corrected chi connectivity index (χ1v) is 10.1. The average molecular weight is 407 g/mol. The number of rotatable bonds is 6. The molecule has 2 heterocycles. The van der Waals surface area contributed by atoms with Gasteiger partial charge in [-0.05, 0) is 37.1 Å². The summed E-state index contributed by atoms with van der Waals surface area (Å²) in [6.45, 7) is 2.38.